The average Bonchev–Trinajstić information content (AvgIpc) is 2.65. The predicted octanol–water partition coefficient (Wildman–Crippen LogP) is 1.39. The van der Waals surface area contributed by atoms with Gasteiger partial charge in [-0.1, -0.05) is 27.7 Å². The van der Waals surface area contributed by atoms with Gasteiger partial charge in [0, 0.05) is 26.2 Å². The Morgan fingerprint density at radius 1 is 0.714 bits per heavy atom. The van der Waals surface area contributed by atoms with Gasteiger partial charge in [0.1, 0.15) is 25.4 Å². The van der Waals surface area contributed by atoms with Crippen molar-refractivity contribution in [2.45, 2.75) is 39.9 Å². The lowest BCUT2D eigenvalue weighted by Crippen LogP contribution is -2.33. The van der Waals surface area contributed by atoms with Gasteiger partial charge >= 0.3 is 24.1 Å². The number of amides is 2. The molecule has 0 aromatic rings. The number of esters is 2. The van der Waals surface area contributed by atoms with E-state index in [2.05, 4.69) is 10.6 Å². The monoisotopic (exact) mass is 402 g/mol. The van der Waals surface area contributed by atoms with Crippen molar-refractivity contribution in [1.82, 2.24) is 10.6 Å². The lowest BCUT2D eigenvalue weighted by atomic mass is 10.1. The zero-order valence-electron chi connectivity index (χ0n) is 17.1. The quantitative estimate of drug-likeness (QED) is 0.319. The van der Waals surface area contributed by atoms with E-state index in [1.165, 1.54) is 14.1 Å². The molecule has 0 saturated heterocycles. The smallest absolute Gasteiger partial charge is 0.407 e. The van der Waals surface area contributed by atoms with Crippen LogP contribution in [0.25, 0.3) is 0 Å². The molecule has 0 rings (SSSR count). The third-order valence-electron chi connectivity index (χ3n) is 3.55. The molecule has 0 fully saturated rings. The third-order valence-corrected chi connectivity index (χ3v) is 3.55. The number of nitrogens with one attached hydrogen (secondary N) is 2. The highest BCUT2D eigenvalue weighted by molar-refractivity contribution is 5.91. The lowest BCUT2D eigenvalue weighted by molar-refractivity contribution is -0.144. The van der Waals surface area contributed by atoms with Gasteiger partial charge in [-0.3, -0.25) is 0 Å². The summed E-state index contributed by atoms with van der Waals surface area (Å²) in [6.07, 6.45) is -0.705. The van der Waals surface area contributed by atoms with E-state index in [4.69, 9.17) is 18.9 Å². The fourth-order valence-corrected chi connectivity index (χ4v) is 1.68. The first-order valence-electron chi connectivity index (χ1n) is 8.88. The van der Waals surface area contributed by atoms with E-state index in [9.17, 15) is 19.2 Å². The molecule has 0 aliphatic rings. The second kappa shape index (κ2) is 13.4. The van der Waals surface area contributed by atoms with E-state index >= 15 is 0 Å². The normalized spacial score (nSPS) is 13.0. The Labute approximate surface area is 164 Å². The molecule has 10 nitrogen and oxygen atoms in total. The molecular formula is C18H30N2O8. The number of ether oxygens (including phenoxy) is 4. The van der Waals surface area contributed by atoms with Gasteiger partial charge in [0.2, 0.25) is 0 Å². The molecule has 2 atom stereocenters. The van der Waals surface area contributed by atoms with Crippen LogP contribution >= 0.6 is 0 Å². The summed E-state index contributed by atoms with van der Waals surface area (Å²) in [5.41, 5.74) is 0. The number of rotatable bonds is 10. The molecule has 0 heterocycles. The minimum absolute atomic E-state index is 0.0765. The summed E-state index contributed by atoms with van der Waals surface area (Å²) < 4.78 is 20.1. The van der Waals surface area contributed by atoms with Crippen LogP contribution in [0.1, 0.15) is 27.7 Å². The van der Waals surface area contributed by atoms with Gasteiger partial charge in [-0.2, -0.15) is 0 Å². The maximum absolute atomic E-state index is 11.7. The molecule has 160 valence electrons. The molecule has 0 aliphatic heterocycles. The van der Waals surface area contributed by atoms with E-state index in [0.717, 1.165) is 12.2 Å². The Hall–Kier alpha value is -2.78. The van der Waals surface area contributed by atoms with Gasteiger partial charge in [-0.05, 0) is 11.8 Å². The summed E-state index contributed by atoms with van der Waals surface area (Å²) >= 11 is 0. The summed E-state index contributed by atoms with van der Waals surface area (Å²) in [7, 11) is 2.84. The first-order chi connectivity index (χ1) is 13.1. The van der Waals surface area contributed by atoms with Crippen LogP contribution in [0.4, 0.5) is 9.59 Å². The number of carbonyl (C=O) groups excluding carboxylic acids is 4. The molecule has 2 amide bonds. The number of carbonyl (C=O) groups is 4. The summed E-state index contributed by atoms with van der Waals surface area (Å²) in [4.78, 5) is 45.9. The van der Waals surface area contributed by atoms with Gasteiger partial charge in [0.15, 0.2) is 0 Å². The van der Waals surface area contributed by atoms with Crippen molar-refractivity contribution >= 4 is 24.1 Å². The van der Waals surface area contributed by atoms with Crippen molar-refractivity contribution in [3.63, 3.8) is 0 Å². The first kappa shape index (κ1) is 25.2. The summed E-state index contributed by atoms with van der Waals surface area (Å²) in [5, 5.41) is 4.62. The van der Waals surface area contributed by atoms with Crippen molar-refractivity contribution in [1.29, 1.82) is 0 Å². The molecular weight excluding hydrogens is 372 g/mol. The number of alkyl carbamates (subject to hydrolysis) is 2. The molecule has 0 aromatic carbocycles. The van der Waals surface area contributed by atoms with Gasteiger partial charge in [-0.25, -0.2) is 19.2 Å². The predicted molar refractivity (Wildman–Crippen MR) is 99.4 cm³/mol. The van der Waals surface area contributed by atoms with E-state index < -0.39 is 36.3 Å². The summed E-state index contributed by atoms with van der Waals surface area (Å²) in [6.45, 7) is 6.92. The zero-order valence-corrected chi connectivity index (χ0v) is 17.1. The zero-order chi connectivity index (χ0) is 21.7. The second-order valence-electron chi connectivity index (χ2n) is 6.47. The van der Waals surface area contributed by atoms with Crippen LogP contribution in [0.2, 0.25) is 0 Å². The number of hydrogen-bond donors (Lipinski definition) is 2. The Morgan fingerprint density at radius 3 is 1.29 bits per heavy atom. The summed E-state index contributed by atoms with van der Waals surface area (Å²) in [5.74, 6) is -1.73. The van der Waals surface area contributed by atoms with Gasteiger partial charge < -0.3 is 29.6 Å². The highest BCUT2D eigenvalue weighted by atomic mass is 16.6. The van der Waals surface area contributed by atoms with Crippen molar-refractivity contribution < 1.29 is 38.1 Å². The van der Waals surface area contributed by atoms with Crippen LogP contribution in [0.3, 0.4) is 0 Å². The molecule has 28 heavy (non-hydrogen) atoms. The Morgan fingerprint density at radius 2 is 1.04 bits per heavy atom. The first-order valence-corrected chi connectivity index (χ1v) is 8.88. The minimum Gasteiger partial charge on any atom is -0.459 e. The fourth-order valence-electron chi connectivity index (χ4n) is 1.68. The largest absolute Gasteiger partial charge is 0.459 e. The Balaban J connectivity index is 4.46. The van der Waals surface area contributed by atoms with Crippen molar-refractivity contribution in [3.05, 3.63) is 12.2 Å². The van der Waals surface area contributed by atoms with Crippen LogP contribution in [0.15, 0.2) is 12.2 Å². The summed E-state index contributed by atoms with van der Waals surface area (Å²) in [6, 6.07) is 0. The van der Waals surface area contributed by atoms with Crippen LogP contribution in [0, 0.1) is 11.8 Å². The van der Waals surface area contributed by atoms with Crippen molar-refractivity contribution in [3.8, 4) is 0 Å². The van der Waals surface area contributed by atoms with E-state index in [1.807, 2.05) is 0 Å². The maximum atomic E-state index is 11.7. The standard InChI is InChI=1S/C18H30N2O8/c1-11(2)13(27-17(23)19-5)9-25-15(21)7-8-16(22)26-10-14(12(3)4)28-18(24)20-6/h7-8,11-14H,9-10H2,1-6H3,(H,19,23)(H,20,24)/b8-7+/t13-,14-/m0/s1. The second-order valence-corrected chi connectivity index (χ2v) is 6.47. The van der Waals surface area contributed by atoms with E-state index in [-0.39, 0.29) is 25.0 Å². The van der Waals surface area contributed by atoms with Gasteiger partial charge in [0.05, 0.1) is 0 Å². The number of hydrogen-bond acceptors (Lipinski definition) is 8. The van der Waals surface area contributed by atoms with Crippen LogP contribution in [-0.2, 0) is 28.5 Å². The van der Waals surface area contributed by atoms with Crippen molar-refractivity contribution in [2.75, 3.05) is 27.3 Å². The van der Waals surface area contributed by atoms with E-state index in [1.54, 1.807) is 27.7 Å². The van der Waals surface area contributed by atoms with E-state index in [0.29, 0.717) is 0 Å². The SMILES string of the molecule is CNC(=O)O[C@@H](COC(=O)/C=C/C(=O)OC[C@H](OC(=O)NC)C(C)C)C(C)C. The van der Waals surface area contributed by atoms with Crippen LogP contribution in [0.5, 0.6) is 0 Å². The molecule has 0 unspecified atom stereocenters. The van der Waals surface area contributed by atoms with Crippen LogP contribution < -0.4 is 10.6 Å². The molecule has 10 heteroatoms. The minimum atomic E-state index is -0.787. The molecule has 0 saturated carbocycles. The molecule has 2 N–H and O–H groups in total. The molecule has 0 aromatic heterocycles. The third kappa shape index (κ3) is 11.0. The average molecular weight is 402 g/mol. The molecule has 0 bridgehead atoms. The van der Waals surface area contributed by atoms with Gasteiger partial charge in [-0.15, -0.1) is 0 Å². The fraction of sp³-hybridized carbons (Fsp3) is 0.667. The molecule has 0 aliphatic carbocycles. The molecule has 0 radical (unpaired) electrons. The van der Waals surface area contributed by atoms with Gasteiger partial charge in [0.25, 0.3) is 0 Å². The highest BCUT2D eigenvalue weighted by Gasteiger charge is 2.21. The van der Waals surface area contributed by atoms with Crippen molar-refractivity contribution in [2.24, 2.45) is 11.8 Å². The maximum Gasteiger partial charge on any atom is 0.407 e. The Bertz CT molecular complexity index is 512. The highest BCUT2D eigenvalue weighted by Crippen LogP contribution is 2.09. The lowest BCUT2D eigenvalue weighted by Gasteiger charge is -2.20. The topological polar surface area (TPSA) is 129 Å². The Kier molecular flexibility index (Phi) is 12.1. The molecule has 0 spiro atoms. The van der Waals surface area contributed by atoms with Crippen LogP contribution in [-0.4, -0.2) is 63.6 Å².